The average molecular weight is 568 g/mol. The summed E-state index contributed by atoms with van der Waals surface area (Å²) in [5.41, 5.74) is 5.62. The molecule has 4 atom stereocenters. The van der Waals surface area contributed by atoms with Crippen LogP contribution in [-0.4, -0.2) is 78.9 Å². The Morgan fingerprint density at radius 3 is 2.54 bits per heavy atom. The lowest BCUT2D eigenvalue weighted by molar-refractivity contribution is -0.141. The molecule has 1 aromatic rings. The first-order valence-corrected chi connectivity index (χ1v) is 14.4. The molecule has 5 N–H and O–H groups in total. The van der Waals surface area contributed by atoms with Crippen molar-refractivity contribution >= 4 is 29.5 Å². The molecule has 4 rings (SSSR count). The Morgan fingerprint density at radius 2 is 1.85 bits per heavy atom. The molecule has 11 nitrogen and oxygen atoms in total. The molecule has 2 saturated heterocycles. The zero-order valence-corrected chi connectivity index (χ0v) is 23.6. The summed E-state index contributed by atoms with van der Waals surface area (Å²) in [6, 6.07) is 7.59. The number of fused-ring (bicyclic) bond motifs is 1. The first-order valence-electron chi connectivity index (χ1n) is 14.4. The van der Waals surface area contributed by atoms with Crippen LogP contribution < -0.4 is 21.7 Å². The lowest BCUT2D eigenvalue weighted by Gasteiger charge is -2.41. The largest absolute Gasteiger partial charge is 0.381 e. The second-order valence-corrected chi connectivity index (χ2v) is 11.4. The molecule has 11 heteroatoms. The molecule has 41 heavy (non-hydrogen) atoms. The number of nitrogens with zero attached hydrogens (tertiary/aromatic N) is 1. The topological polar surface area (TPSA) is 160 Å². The van der Waals surface area contributed by atoms with E-state index in [-0.39, 0.29) is 36.1 Å². The summed E-state index contributed by atoms with van der Waals surface area (Å²) < 4.78 is 5.56. The Kier molecular flexibility index (Phi) is 10.1. The summed E-state index contributed by atoms with van der Waals surface area (Å²) in [7, 11) is 0. The first-order chi connectivity index (χ1) is 19.7. The van der Waals surface area contributed by atoms with Crippen LogP contribution in [0.15, 0.2) is 42.5 Å². The summed E-state index contributed by atoms with van der Waals surface area (Å²) >= 11 is 0. The Morgan fingerprint density at radius 1 is 1.12 bits per heavy atom. The van der Waals surface area contributed by atoms with Gasteiger partial charge in [0.05, 0.1) is 11.8 Å². The minimum atomic E-state index is -1.03. The summed E-state index contributed by atoms with van der Waals surface area (Å²) in [6.45, 7) is 2.95. The summed E-state index contributed by atoms with van der Waals surface area (Å²) in [4.78, 5) is 65.6. The van der Waals surface area contributed by atoms with Crippen LogP contribution in [0.2, 0.25) is 0 Å². The SMILES string of the molecule is CC(=O)N[C@H](CC(N)=O)C(=O)N1CC[C@@H]2NC(=O)[C@H](Cc3ccccc3)NC(=O)C3(C/C=C/C[C@@H]2C1)CCOCC3. The number of hydrogen-bond acceptors (Lipinski definition) is 6. The lowest BCUT2D eigenvalue weighted by atomic mass is 9.75. The zero-order valence-electron chi connectivity index (χ0n) is 23.6. The quantitative estimate of drug-likeness (QED) is 0.368. The molecule has 3 heterocycles. The standard InChI is InChI=1S/C30H41N5O6/c1-20(36)32-25(18-26(31)37)28(39)35-14-10-23-22(19-35)9-5-6-11-30(12-15-41-16-13-30)29(40)34-24(27(38)33-23)17-21-7-3-2-4-8-21/h2-8,22-25H,9-19H2,1H3,(H2,31,37)(H,32,36)(H,33,38)(H,34,40)/b6-5+/t22-,23+,24+,25-/m1/s1. The van der Waals surface area contributed by atoms with Gasteiger partial charge in [-0.2, -0.15) is 0 Å². The van der Waals surface area contributed by atoms with E-state index in [0.29, 0.717) is 64.8 Å². The van der Waals surface area contributed by atoms with Crippen LogP contribution in [0.5, 0.6) is 0 Å². The number of primary amides is 1. The van der Waals surface area contributed by atoms with E-state index in [1.807, 2.05) is 42.5 Å². The number of amides is 5. The third kappa shape index (κ3) is 7.93. The fourth-order valence-electron chi connectivity index (χ4n) is 6.05. The van der Waals surface area contributed by atoms with Gasteiger partial charge in [-0.3, -0.25) is 24.0 Å². The highest BCUT2D eigenvalue weighted by atomic mass is 16.5. The van der Waals surface area contributed by atoms with Crippen molar-refractivity contribution in [1.29, 1.82) is 0 Å². The van der Waals surface area contributed by atoms with Crippen molar-refractivity contribution in [3.8, 4) is 0 Å². The Bertz CT molecular complexity index is 1130. The zero-order chi connectivity index (χ0) is 29.4. The van der Waals surface area contributed by atoms with Crippen LogP contribution >= 0.6 is 0 Å². The monoisotopic (exact) mass is 567 g/mol. The highest BCUT2D eigenvalue weighted by Gasteiger charge is 2.42. The molecule has 0 aromatic heterocycles. The number of carbonyl (C=O) groups excluding carboxylic acids is 5. The fraction of sp³-hybridized carbons (Fsp3) is 0.567. The van der Waals surface area contributed by atoms with Crippen molar-refractivity contribution in [2.24, 2.45) is 17.1 Å². The van der Waals surface area contributed by atoms with Crippen LogP contribution in [0.1, 0.15) is 51.0 Å². The van der Waals surface area contributed by atoms with Crippen LogP contribution in [0.3, 0.4) is 0 Å². The van der Waals surface area contributed by atoms with E-state index in [1.54, 1.807) is 4.90 Å². The number of nitrogens with one attached hydrogen (secondary N) is 3. The van der Waals surface area contributed by atoms with E-state index in [1.165, 1.54) is 6.92 Å². The van der Waals surface area contributed by atoms with E-state index >= 15 is 0 Å². The van der Waals surface area contributed by atoms with E-state index in [0.717, 1.165) is 5.56 Å². The molecule has 1 spiro atoms. The van der Waals surface area contributed by atoms with Crippen LogP contribution in [0.25, 0.3) is 0 Å². The molecule has 3 aliphatic rings. The molecule has 0 aliphatic carbocycles. The minimum absolute atomic E-state index is 0.0994. The van der Waals surface area contributed by atoms with Gasteiger partial charge in [0, 0.05) is 51.6 Å². The molecular formula is C30H41N5O6. The second kappa shape index (κ2) is 13.8. The Balaban J connectivity index is 1.57. The number of carbonyl (C=O) groups is 5. The molecule has 222 valence electrons. The maximum absolute atomic E-state index is 13.7. The van der Waals surface area contributed by atoms with E-state index in [9.17, 15) is 24.0 Å². The number of ether oxygens (including phenoxy) is 1. The summed E-state index contributed by atoms with van der Waals surface area (Å²) in [6.07, 6.45) is 6.89. The number of benzene rings is 1. The molecular weight excluding hydrogens is 526 g/mol. The van der Waals surface area contributed by atoms with Crippen molar-refractivity contribution < 1.29 is 28.7 Å². The van der Waals surface area contributed by atoms with Gasteiger partial charge < -0.3 is 31.3 Å². The van der Waals surface area contributed by atoms with Gasteiger partial charge in [0.15, 0.2) is 0 Å². The van der Waals surface area contributed by atoms with Gasteiger partial charge in [0.2, 0.25) is 29.5 Å². The lowest BCUT2D eigenvalue weighted by Crippen LogP contribution is -2.60. The van der Waals surface area contributed by atoms with E-state index in [4.69, 9.17) is 10.5 Å². The third-order valence-electron chi connectivity index (χ3n) is 8.40. The molecule has 0 radical (unpaired) electrons. The van der Waals surface area contributed by atoms with Gasteiger partial charge in [-0.1, -0.05) is 42.5 Å². The number of nitrogens with two attached hydrogens (primary N) is 1. The highest BCUT2D eigenvalue weighted by molar-refractivity contribution is 5.92. The smallest absolute Gasteiger partial charge is 0.245 e. The fourth-order valence-corrected chi connectivity index (χ4v) is 6.05. The number of hydrogen-bond donors (Lipinski definition) is 4. The summed E-state index contributed by atoms with van der Waals surface area (Å²) in [5.74, 6) is -1.95. The minimum Gasteiger partial charge on any atom is -0.381 e. The van der Waals surface area contributed by atoms with Gasteiger partial charge in [0.25, 0.3) is 0 Å². The summed E-state index contributed by atoms with van der Waals surface area (Å²) in [5, 5.41) is 8.80. The molecule has 1 aromatic carbocycles. The van der Waals surface area contributed by atoms with Crippen molar-refractivity contribution in [2.45, 2.75) is 70.0 Å². The number of rotatable bonds is 6. The van der Waals surface area contributed by atoms with Gasteiger partial charge in [0.1, 0.15) is 12.1 Å². The molecule has 3 aliphatic heterocycles. The second-order valence-electron chi connectivity index (χ2n) is 11.4. The van der Waals surface area contributed by atoms with Crippen LogP contribution in [-0.2, 0) is 35.1 Å². The van der Waals surface area contributed by atoms with E-state index < -0.39 is 29.3 Å². The van der Waals surface area contributed by atoms with Crippen molar-refractivity contribution in [1.82, 2.24) is 20.9 Å². The van der Waals surface area contributed by atoms with Crippen molar-refractivity contribution in [3.05, 3.63) is 48.0 Å². The van der Waals surface area contributed by atoms with Crippen molar-refractivity contribution in [2.75, 3.05) is 26.3 Å². The Labute approximate surface area is 240 Å². The average Bonchev–Trinajstić information content (AvgIpc) is 2.95. The van der Waals surface area contributed by atoms with Crippen LogP contribution in [0, 0.1) is 11.3 Å². The van der Waals surface area contributed by atoms with Crippen LogP contribution in [0.4, 0.5) is 0 Å². The highest BCUT2D eigenvalue weighted by Crippen LogP contribution is 2.36. The number of allylic oxidation sites excluding steroid dienone is 2. The van der Waals surface area contributed by atoms with Gasteiger partial charge in [-0.25, -0.2) is 0 Å². The predicted octanol–water partition coefficient (Wildman–Crippen LogP) is 0.574. The van der Waals surface area contributed by atoms with Gasteiger partial charge in [-0.15, -0.1) is 0 Å². The molecule has 0 bridgehead atoms. The molecule has 0 saturated carbocycles. The molecule has 2 fully saturated rings. The number of likely N-dealkylation sites (tertiary alicyclic amines) is 1. The molecule has 0 unspecified atom stereocenters. The predicted molar refractivity (Wildman–Crippen MR) is 151 cm³/mol. The van der Waals surface area contributed by atoms with E-state index in [2.05, 4.69) is 16.0 Å². The van der Waals surface area contributed by atoms with Gasteiger partial charge >= 0.3 is 0 Å². The first kappa shape index (κ1) is 30.2. The normalized spacial score (nSPS) is 26.3. The third-order valence-corrected chi connectivity index (χ3v) is 8.40. The van der Waals surface area contributed by atoms with Crippen molar-refractivity contribution in [3.63, 3.8) is 0 Å². The maximum Gasteiger partial charge on any atom is 0.245 e. The Hall–Kier alpha value is -3.73. The number of piperidine rings is 1. The molecule has 5 amide bonds. The maximum atomic E-state index is 13.7. The van der Waals surface area contributed by atoms with Gasteiger partial charge in [-0.05, 0) is 37.7 Å².